The van der Waals surface area contributed by atoms with E-state index in [2.05, 4.69) is 10.3 Å². The summed E-state index contributed by atoms with van der Waals surface area (Å²) in [6.45, 7) is 0.494. The number of rotatable bonds is 4. The quantitative estimate of drug-likeness (QED) is 0.806. The van der Waals surface area contributed by atoms with Gasteiger partial charge in [0.25, 0.3) is 0 Å². The van der Waals surface area contributed by atoms with Gasteiger partial charge in [0.2, 0.25) is 5.91 Å². The van der Waals surface area contributed by atoms with Crippen molar-refractivity contribution in [2.45, 2.75) is 13.0 Å². The van der Waals surface area contributed by atoms with Crippen molar-refractivity contribution in [2.75, 3.05) is 5.73 Å². The lowest BCUT2D eigenvalue weighted by atomic mass is 10.2. The number of aromatic nitrogens is 1. The lowest BCUT2D eigenvalue weighted by Gasteiger charge is -2.04. The predicted octanol–water partition coefficient (Wildman–Crippen LogP) is 1.58. The summed E-state index contributed by atoms with van der Waals surface area (Å²) in [6.07, 6.45) is 0.325. The van der Waals surface area contributed by atoms with E-state index in [1.807, 2.05) is 29.6 Å². The number of hydrogen-bond donors (Lipinski definition) is 2. The summed E-state index contributed by atoms with van der Waals surface area (Å²) >= 11 is 1.49. The molecule has 2 aromatic rings. The van der Waals surface area contributed by atoms with Gasteiger partial charge in [0.15, 0.2) is 0 Å². The van der Waals surface area contributed by atoms with Crippen LogP contribution in [0.4, 0.5) is 5.69 Å². The van der Waals surface area contributed by atoms with Crippen molar-refractivity contribution in [3.8, 4) is 0 Å². The molecule has 1 amide bonds. The number of benzene rings is 1. The third-order valence-electron chi connectivity index (χ3n) is 2.27. The second-order valence-electron chi connectivity index (χ2n) is 3.68. The molecule has 17 heavy (non-hydrogen) atoms. The van der Waals surface area contributed by atoms with Crippen LogP contribution in [0.3, 0.4) is 0 Å². The first kappa shape index (κ1) is 11.6. The maximum atomic E-state index is 11.6. The highest BCUT2D eigenvalue weighted by molar-refractivity contribution is 7.07. The van der Waals surface area contributed by atoms with Gasteiger partial charge in [-0.25, -0.2) is 4.98 Å². The van der Waals surface area contributed by atoms with E-state index in [1.165, 1.54) is 11.3 Å². The summed E-state index contributed by atoms with van der Waals surface area (Å²) in [6, 6.07) is 7.47. The zero-order chi connectivity index (χ0) is 12.1. The fourth-order valence-electron chi connectivity index (χ4n) is 1.46. The third kappa shape index (κ3) is 3.57. The Morgan fingerprint density at radius 1 is 1.47 bits per heavy atom. The Balaban J connectivity index is 1.84. The summed E-state index contributed by atoms with van der Waals surface area (Å²) in [5.74, 6) is -0.0293. The van der Waals surface area contributed by atoms with E-state index in [9.17, 15) is 4.79 Å². The minimum atomic E-state index is -0.0293. The Labute approximate surface area is 103 Å². The van der Waals surface area contributed by atoms with E-state index in [-0.39, 0.29) is 5.91 Å². The molecule has 0 aliphatic heterocycles. The maximum absolute atomic E-state index is 11.6. The van der Waals surface area contributed by atoms with Crippen LogP contribution in [0.2, 0.25) is 0 Å². The highest BCUT2D eigenvalue weighted by Gasteiger charge is 2.04. The Hall–Kier alpha value is -1.88. The van der Waals surface area contributed by atoms with Gasteiger partial charge < -0.3 is 11.1 Å². The van der Waals surface area contributed by atoms with Crippen molar-refractivity contribution >= 4 is 22.9 Å². The molecule has 3 N–H and O–H groups in total. The van der Waals surface area contributed by atoms with Crippen LogP contribution in [0.25, 0.3) is 0 Å². The van der Waals surface area contributed by atoms with Gasteiger partial charge in [0.05, 0.1) is 17.6 Å². The van der Waals surface area contributed by atoms with Crippen molar-refractivity contribution < 1.29 is 4.79 Å². The van der Waals surface area contributed by atoms with Crippen molar-refractivity contribution in [3.63, 3.8) is 0 Å². The normalized spacial score (nSPS) is 10.1. The molecule has 0 fully saturated rings. The van der Waals surface area contributed by atoms with E-state index in [4.69, 9.17) is 5.73 Å². The standard InChI is InChI=1S/C12H13N3OS/c13-10-3-1-2-9(4-10)6-14-12(16)5-11-7-17-8-15-11/h1-4,7-8H,5-6,13H2,(H,14,16). The molecule has 0 atom stereocenters. The van der Waals surface area contributed by atoms with Crippen LogP contribution >= 0.6 is 11.3 Å². The van der Waals surface area contributed by atoms with Crippen LogP contribution in [-0.4, -0.2) is 10.9 Å². The fraction of sp³-hybridized carbons (Fsp3) is 0.167. The number of nitrogens with two attached hydrogens (primary N) is 1. The molecule has 0 radical (unpaired) electrons. The smallest absolute Gasteiger partial charge is 0.226 e. The van der Waals surface area contributed by atoms with Gasteiger partial charge in [0.1, 0.15) is 0 Å². The van der Waals surface area contributed by atoms with Crippen molar-refractivity contribution in [2.24, 2.45) is 0 Å². The molecular weight excluding hydrogens is 234 g/mol. The van der Waals surface area contributed by atoms with Crippen LogP contribution in [0.1, 0.15) is 11.3 Å². The molecule has 1 heterocycles. The number of hydrogen-bond acceptors (Lipinski definition) is 4. The molecule has 0 spiro atoms. The number of amides is 1. The van der Waals surface area contributed by atoms with Gasteiger partial charge in [-0.05, 0) is 17.7 Å². The summed E-state index contributed by atoms with van der Waals surface area (Å²) in [5, 5.41) is 4.71. The van der Waals surface area contributed by atoms with Gasteiger partial charge in [-0.3, -0.25) is 4.79 Å². The zero-order valence-corrected chi connectivity index (χ0v) is 10.0. The number of thiazole rings is 1. The average molecular weight is 247 g/mol. The summed E-state index contributed by atoms with van der Waals surface area (Å²) in [4.78, 5) is 15.7. The third-order valence-corrected chi connectivity index (χ3v) is 2.90. The topological polar surface area (TPSA) is 68.0 Å². The Morgan fingerprint density at radius 3 is 3.06 bits per heavy atom. The maximum Gasteiger partial charge on any atom is 0.226 e. The lowest BCUT2D eigenvalue weighted by Crippen LogP contribution is -2.24. The summed E-state index contributed by atoms with van der Waals surface area (Å²) < 4.78 is 0. The van der Waals surface area contributed by atoms with Gasteiger partial charge in [-0.1, -0.05) is 12.1 Å². The van der Waals surface area contributed by atoms with Crippen molar-refractivity contribution in [3.05, 3.63) is 46.4 Å². The highest BCUT2D eigenvalue weighted by Crippen LogP contribution is 2.06. The zero-order valence-electron chi connectivity index (χ0n) is 9.22. The first-order valence-electron chi connectivity index (χ1n) is 5.22. The van der Waals surface area contributed by atoms with E-state index in [1.54, 1.807) is 5.51 Å². The molecular formula is C12H13N3OS. The van der Waals surface area contributed by atoms with E-state index >= 15 is 0 Å². The first-order valence-corrected chi connectivity index (χ1v) is 6.16. The molecule has 1 aromatic heterocycles. The van der Waals surface area contributed by atoms with Gasteiger partial charge in [0, 0.05) is 17.6 Å². The second-order valence-corrected chi connectivity index (χ2v) is 4.40. The molecule has 88 valence electrons. The number of nitrogens with zero attached hydrogens (tertiary/aromatic N) is 1. The molecule has 0 aliphatic rings. The van der Waals surface area contributed by atoms with Crippen molar-refractivity contribution in [1.29, 1.82) is 0 Å². The highest BCUT2D eigenvalue weighted by atomic mass is 32.1. The fourth-order valence-corrected chi connectivity index (χ4v) is 2.01. The number of carbonyl (C=O) groups excluding carboxylic acids is 1. The molecule has 0 bridgehead atoms. The number of carbonyl (C=O) groups is 1. The molecule has 4 nitrogen and oxygen atoms in total. The molecule has 0 aliphatic carbocycles. The van der Waals surface area contributed by atoms with Gasteiger partial charge in [-0.15, -0.1) is 11.3 Å². The Bertz CT molecular complexity index is 496. The van der Waals surface area contributed by atoms with Gasteiger partial charge >= 0.3 is 0 Å². The van der Waals surface area contributed by atoms with E-state index in [0.717, 1.165) is 11.3 Å². The minimum absolute atomic E-state index is 0.0293. The van der Waals surface area contributed by atoms with Crippen LogP contribution in [0, 0.1) is 0 Å². The number of nitrogens with one attached hydrogen (secondary N) is 1. The summed E-state index contributed by atoms with van der Waals surface area (Å²) in [7, 11) is 0. The molecule has 0 unspecified atom stereocenters. The van der Waals surface area contributed by atoms with Crippen molar-refractivity contribution in [1.82, 2.24) is 10.3 Å². The number of nitrogen functional groups attached to an aromatic ring is 1. The molecule has 1 aromatic carbocycles. The van der Waals surface area contributed by atoms with E-state index < -0.39 is 0 Å². The SMILES string of the molecule is Nc1cccc(CNC(=O)Cc2cscn2)c1. The van der Waals surface area contributed by atoms with Crippen LogP contribution in [0.5, 0.6) is 0 Å². The largest absolute Gasteiger partial charge is 0.399 e. The molecule has 2 rings (SSSR count). The van der Waals surface area contributed by atoms with E-state index in [0.29, 0.717) is 18.7 Å². The van der Waals surface area contributed by atoms with Crippen LogP contribution in [0.15, 0.2) is 35.2 Å². The average Bonchev–Trinajstić information content (AvgIpc) is 2.79. The van der Waals surface area contributed by atoms with Crippen LogP contribution in [-0.2, 0) is 17.8 Å². The summed E-state index contributed by atoms with van der Waals surface area (Å²) in [5.41, 5.74) is 9.88. The predicted molar refractivity (Wildman–Crippen MR) is 68.5 cm³/mol. The monoisotopic (exact) mass is 247 g/mol. The van der Waals surface area contributed by atoms with Crippen LogP contribution < -0.4 is 11.1 Å². The molecule has 0 saturated carbocycles. The minimum Gasteiger partial charge on any atom is -0.399 e. The molecule has 5 heteroatoms. The Morgan fingerprint density at radius 2 is 2.35 bits per heavy atom. The second kappa shape index (κ2) is 5.45. The Kier molecular flexibility index (Phi) is 3.72. The van der Waals surface area contributed by atoms with Gasteiger partial charge in [-0.2, -0.15) is 0 Å². The first-order chi connectivity index (χ1) is 8.24. The molecule has 0 saturated heterocycles. The lowest BCUT2D eigenvalue weighted by molar-refractivity contribution is -0.120. The number of anilines is 1.